The van der Waals surface area contributed by atoms with Crippen molar-refractivity contribution in [1.82, 2.24) is 10.2 Å². The first-order valence-electron chi connectivity index (χ1n) is 13.6. The molecule has 1 fully saturated rings. The molecule has 0 aromatic heterocycles. The number of benzene rings is 3. The van der Waals surface area contributed by atoms with Crippen molar-refractivity contribution in [3.05, 3.63) is 95.6 Å². The minimum absolute atomic E-state index is 0.0406. The second-order valence-corrected chi connectivity index (χ2v) is 10.3. The summed E-state index contributed by atoms with van der Waals surface area (Å²) in [5.74, 6) is 0.937. The molecule has 0 saturated carbocycles. The lowest BCUT2D eigenvalue weighted by molar-refractivity contribution is -0.118. The van der Waals surface area contributed by atoms with E-state index in [9.17, 15) is 9.59 Å². The molecule has 3 aromatic carbocycles. The van der Waals surface area contributed by atoms with Crippen LogP contribution >= 0.6 is 0 Å². The second kappa shape index (κ2) is 13.2. The van der Waals surface area contributed by atoms with Gasteiger partial charge >= 0.3 is 0 Å². The number of piperidine rings is 1. The number of methoxy groups -OCH3 is 1. The molecule has 6 heteroatoms. The maximum Gasteiger partial charge on any atom is 0.255 e. The topological polar surface area (TPSA) is 70.7 Å². The van der Waals surface area contributed by atoms with Crippen molar-refractivity contribution in [1.29, 1.82) is 0 Å². The van der Waals surface area contributed by atoms with Crippen LogP contribution in [0, 0.1) is 5.92 Å². The summed E-state index contributed by atoms with van der Waals surface area (Å²) in [6.07, 6.45) is 2.97. The van der Waals surface area contributed by atoms with E-state index in [1.165, 1.54) is 5.56 Å². The Morgan fingerprint density at radius 3 is 2.37 bits per heavy atom. The van der Waals surface area contributed by atoms with Gasteiger partial charge in [-0.15, -0.1) is 0 Å². The van der Waals surface area contributed by atoms with Gasteiger partial charge in [0.15, 0.2) is 0 Å². The molecule has 38 heavy (non-hydrogen) atoms. The molecule has 0 aliphatic carbocycles. The molecule has 0 bridgehead atoms. The van der Waals surface area contributed by atoms with E-state index in [0.717, 1.165) is 50.1 Å². The predicted molar refractivity (Wildman–Crippen MR) is 153 cm³/mol. The average Bonchev–Trinajstić information content (AvgIpc) is 2.96. The van der Waals surface area contributed by atoms with Crippen molar-refractivity contribution >= 4 is 17.5 Å². The number of anilines is 1. The van der Waals surface area contributed by atoms with E-state index in [-0.39, 0.29) is 23.8 Å². The number of ether oxygens (including phenoxy) is 1. The Morgan fingerprint density at radius 2 is 1.66 bits per heavy atom. The van der Waals surface area contributed by atoms with Gasteiger partial charge in [-0.1, -0.05) is 68.4 Å². The SMILES string of the molecule is COc1ccccc1C(=O)NC(CCN1CCC(c2cccc(NC(=O)C(C)C)c2)CC1)c1ccccc1. The zero-order valence-corrected chi connectivity index (χ0v) is 22.7. The van der Waals surface area contributed by atoms with Crippen LogP contribution < -0.4 is 15.4 Å². The van der Waals surface area contributed by atoms with Crippen molar-refractivity contribution in [3.63, 3.8) is 0 Å². The van der Waals surface area contributed by atoms with Gasteiger partial charge in [-0.05, 0) is 73.7 Å². The number of amides is 2. The lowest BCUT2D eigenvalue weighted by atomic mass is 9.89. The third-order valence-corrected chi connectivity index (χ3v) is 7.33. The molecule has 4 rings (SSSR count). The number of nitrogens with zero attached hydrogens (tertiary/aromatic N) is 1. The van der Waals surface area contributed by atoms with E-state index in [1.807, 2.05) is 62.4 Å². The van der Waals surface area contributed by atoms with Crippen LogP contribution in [-0.4, -0.2) is 43.5 Å². The summed E-state index contributed by atoms with van der Waals surface area (Å²) < 4.78 is 5.40. The fraction of sp³-hybridized carbons (Fsp3) is 0.375. The summed E-state index contributed by atoms with van der Waals surface area (Å²) in [7, 11) is 1.59. The molecule has 1 unspecified atom stereocenters. The first-order chi connectivity index (χ1) is 18.4. The Morgan fingerprint density at radius 1 is 0.947 bits per heavy atom. The Kier molecular flexibility index (Phi) is 9.55. The largest absolute Gasteiger partial charge is 0.496 e. The highest BCUT2D eigenvalue weighted by atomic mass is 16.5. The summed E-state index contributed by atoms with van der Waals surface area (Å²) in [5, 5.41) is 6.27. The van der Waals surface area contributed by atoms with E-state index in [1.54, 1.807) is 13.2 Å². The van der Waals surface area contributed by atoms with Crippen LogP contribution in [0.15, 0.2) is 78.9 Å². The van der Waals surface area contributed by atoms with Crippen molar-refractivity contribution in [2.75, 3.05) is 32.1 Å². The number of likely N-dealkylation sites (tertiary alicyclic amines) is 1. The molecule has 1 atom stereocenters. The minimum atomic E-state index is -0.126. The highest BCUT2D eigenvalue weighted by molar-refractivity contribution is 5.97. The lowest BCUT2D eigenvalue weighted by Crippen LogP contribution is -2.36. The Labute approximate surface area is 226 Å². The number of rotatable bonds is 10. The monoisotopic (exact) mass is 513 g/mol. The fourth-order valence-corrected chi connectivity index (χ4v) is 5.03. The number of carbonyl (C=O) groups excluding carboxylic acids is 2. The Hall–Kier alpha value is -3.64. The van der Waals surface area contributed by atoms with E-state index in [2.05, 4.69) is 39.8 Å². The van der Waals surface area contributed by atoms with Crippen molar-refractivity contribution in [2.24, 2.45) is 5.92 Å². The molecule has 1 saturated heterocycles. The molecular weight excluding hydrogens is 474 g/mol. The molecule has 2 N–H and O–H groups in total. The maximum atomic E-state index is 13.2. The normalized spacial score (nSPS) is 15.2. The quantitative estimate of drug-likeness (QED) is 0.347. The van der Waals surface area contributed by atoms with Gasteiger partial charge in [0.2, 0.25) is 5.91 Å². The molecule has 1 aliphatic rings. The van der Waals surface area contributed by atoms with E-state index in [0.29, 0.717) is 17.2 Å². The van der Waals surface area contributed by atoms with Crippen LogP contribution in [0.5, 0.6) is 5.75 Å². The smallest absolute Gasteiger partial charge is 0.255 e. The summed E-state index contributed by atoms with van der Waals surface area (Å²) in [6.45, 7) is 6.73. The van der Waals surface area contributed by atoms with Crippen molar-refractivity contribution in [3.8, 4) is 5.75 Å². The van der Waals surface area contributed by atoms with Gasteiger partial charge in [-0.3, -0.25) is 9.59 Å². The second-order valence-electron chi connectivity index (χ2n) is 10.3. The number of hydrogen-bond donors (Lipinski definition) is 2. The van der Waals surface area contributed by atoms with Gasteiger partial charge in [0, 0.05) is 18.2 Å². The summed E-state index contributed by atoms with van der Waals surface area (Å²) >= 11 is 0. The number of hydrogen-bond acceptors (Lipinski definition) is 4. The molecule has 0 spiro atoms. The Bertz CT molecular complexity index is 1200. The van der Waals surface area contributed by atoms with Gasteiger partial charge in [0.1, 0.15) is 5.75 Å². The fourth-order valence-electron chi connectivity index (χ4n) is 5.03. The molecule has 2 amide bonds. The standard InChI is InChI=1S/C32H39N3O3/c1-23(2)31(36)33-27-13-9-12-26(22-27)24-16-19-35(20-17-24)21-18-29(25-10-5-4-6-11-25)34-32(37)28-14-7-8-15-30(28)38-3/h4-15,22-24,29H,16-21H2,1-3H3,(H,33,36)(H,34,37). The van der Waals surface area contributed by atoms with Crippen LogP contribution in [0.25, 0.3) is 0 Å². The molecular formula is C32H39N3O3. The number of para-hydroxylation sites is 1. The van der Waals surface area contributed by atoms with E-state index < -0.39 is 0 Å². The van der Waals surface area contributed by atoms with Gasteiger partial charge in [-0.25, -0.2) is 0 Å². The Balaban J connectivity index is 1.35. The van der Waals surface area contributed by atoms with Gasteiger partial charge < -0.3 is 20.3 Å². The van der Waals surface area contributed by atoms with Crippen LogP contribution in [-0.2, 0) is 4.79 Å². The van der Waals surface area contributed by atoms with Gasteiger partial charge in [0.25, 0.3) is 5.91 Å². The van der Waals surface area contributed by atoms with Gasteiger partial charge in [0.05, 0.1) is 18.7 Å². The average molecular weight is 514 g/mol. The first kappa shape index (κ1) is 27.4. The molecule has 0 radical (unpaired) electrons. The molecule has 1 heterocycles. The van der Waals surface area contributed by atoms with E-state index in [4.69, 9.17) is 4.74 Å². The number of nitrogens with one attached hydrogen (secondary N) is 2. The highest BCUT2D eigenvalue weighted by Gasteiger charge is 2.23. The molecule has 6 nitrogen and oxygen atoms in total. The zero-order valence-electron chi connectivity index (χ0n) is 22.7. The predicted octanol–water partition coefficient (Wildman–Crippen LogP) is 6.03. The number of carbonyl (C=O) groups is 2. The van der Waals surface area contributed by atoms with Crippen LogP contribution in [0.1, 0.15) is 66.6 Å². The molecule has 1 aliphatic heterocycles. The molecule has 3 aromatic rings. The van der Waals surface area contributed by atoms with Crippen LogP contribution in [0.4, 0.5) is 5.69 Å². The highest BCUT2D eigenvalue weighted by Crippen LogP contribution is 2.30. The summed E-state index contributed by atoms with van der Waals surface area (Å²) in [6, 6.07) is 25.7. The summed E-state index contributed by atoms with van der Waals surface area (Å²) in [5.41, 5.74) is 3.81. The lowest BCUT2D eigenvalue weighted by Gasteiger charge is -2.33. The zero-order chi connectivity index (χ0) is 26.9. The van der Waals surface area contributed by atoms with Crippen LogP contribution in [0.3, 0.4) is 0 Å². The van der Waals surface area contributed by atoms with Crippen molar-refractivity contribution in [2.45, 2.75) is 45.1 Å². The van der Waals surface area contributed by atoms with E-state index >= 15 is 0 Å². The van der Waals surface area contributed by atoms with Crippen LogP contribution in [0.2, 0.25) is 0 Å². The molecule has 200 valence electrons. The maximum absolute atomic E-state index is 13.2. The third-order valence-electron chi connectivity index (χ3n) is 7.33. The third kappa shape index (κ3) is 7.23. The van der Waals surface area contributed by atoms with Gasteiger partial charge in [-0.2, -0.15) is 0 Å². The minimum Gasteiger partial charge on any atom is -0.496 e. The van der Waals surface area contributed by atoms with Crippen molar-refractivity contribution < 1.29 is 14.3 Å². The summed E-state index contributed by atoms with van der Waals surface area (Å²) in [4.78, 5) is 27.8. The first-order valence-corrected chi connectivity index (χ1v) is 13.6.